The number of ether oxygens (including phenoxy) is 2. The number of hydrogen-bond acceptors (Lipinski definition) is 5. The maximum atomic E-state index is 12.8. The maximum Gasteiger partial charge on any atom is 0.417 e. The lowest BCUT2D eigenvalue weighted by atomic mass is 10.1. The molecule has 1 aromatic carbocycles. The van der Waals surface area contributed by atoms with E-state index in [2.05, 4.69) is 25.9 Å². The van der Waals surface area contributed by atoms with Crippen LogP contribution in [0.3, 0.4) is 0 Å². The number of carbonyl (C=O) groups is 1. The van der Waals surface area contributed by atoms with Crippen LogP contribution in [0.25, 0.3) is 0 Å². The fraction of sp³-hybridized carbons (Fsp3) is 0.389. The molecule has 0 amide bonds. The minimum Gasteiger partial charge on any atom is -0.472 e. The van der Waals surface area contributed by atoms with Gasteiger partial charge in [0, 0.05) is 10.4 Å². The number of carbonyl (C=O) groups excluding carboxylic acids is 1. The quantitative estimate of drug-likeness (QED) is 0.613. The zero-order valence-corrected chi connectivity index (χ0v) is 15.9. The van der Waals surface area contributed by atoms with Crippen LogP contribution in [0.2, 0.25) is 0 Å². The van der Waals surface area contributed by atoms with E-state index >= 15 is 0 Å². The van der Waals surface area contributed by atoms with E-state index in [4.69, 9.17) is 9.47 Å². The van der Waals surface area contributed by atoms with Crippen LogP contribution >= 0.6 is 15.9 Å². The Kier molecular flexibility index (Phi) is 5.69. The van der Waals surface area contributed by atoms with Gasteiger partial charge in [0.25, 0.3) is 0 Å². The fourth-order valence-corrected chi connectivity index (χ4v) is 3.31. The normalized spacial score (nSPS) is 18.9. The highest BCUT2D eigenvalue weighted by atomic mass is 79.9. The molecule has 1 fully saturated rings. The third kappa shape index (κ3) is 4.77. The molecule has 1 aromatic heterocycles. The van der Waals surface area contributed by atoms with Gasteiger partial charge in [-0.15, -0.1) is 0 Å². The highest BCUT2D eigenvalue weighted by molar-refractivity contribution is 9.10. The van der Waals surface area contributed by atoms with Crippen molar-refractivity contribution in [1.29, 1.82) is 0 Å². The summed E-state index contributed by atoms with van der Waals surface area (Å²) in [6, 6.07) is 3.71. The lowest BCUT2D eigenvalue weighted by molar-refractivity contribution is -0.144. The second-order valence-corrected chi connectivity index (χ2v) is 6.94. The Hall–Kier alpha value is -2.16. The van der Waals surface area contributed by atoms with Crippen LogP contribution in [0, 0.1) is 5.92 Å². The molecule has 0 unspecified atom stereocenters. The van der Waals surface area contributed by atoms with E-state index in [0.29, 0.717) is 24.3 Å². The number of aromatic nitrogens is 2. The first-order valence-corrected chi connectivity index (χ1v) is 9.06. The molecule has 5 nitrogen and oxygen atoms in total. The van der Waals surface area contributed by atoms with Crippen LogP contribution in [-0.4, -0.2) is 22.5 Å². The molecule has 2 aromatic rings. The Bertz CT molecular complexity index is 828. The van der Waals surface area contributed by atoms with Gasteiger partial charge in [0.15, 0.2) is 0 Å². The van der Waals surface area contributed by atoms with E-state index in [-0.39, 0.29) is 34.8 Å². The van der Waals surface area contributed by atoms with Crippen molar-refractivity contribution in [2.24, 2.45) is 5.92 Å². The van der Waals surface area contributed by atoms with Gasteiger partial charge in [0.05, 0.1) is 36.2 Å². The largest absolute Gasteiger partial charge is 0.472 e. The zero-order valence-electron chi connectivity index (χ0n) is 14.3. The lowest BCUT2D eigenvalue weighted by Gasteiger charge is -2.11. The van der Waals surface area contributed by atoms with Crippen LogP contribution in [0.4, 0.5) is 13.2 Å². The number of benzene rings is 1. The molecule has 0 spiro atoms. The summed E-state index contributed by atoms with van der Waals surface area (Å²) in [5.74, 6) is -0.132. The van der Waals surface area contributed by atoms with Gasteiger partial charge >= 0.3 is 12.1 Å². The van der Waals surface area contributed by atoms with Gasteiger partial charge in [-0.05, 0) is 31.0 Å². The van der Waals surface area contributed by atoms with E-state index in [1.807, 2.05) is 0 Å². The molecule has 0 radical (unpaired) electrons. The summed E-state index contributed by atoms with van der Waals surface area (Å²) in [4.78, 5) is 20.1. The molecule has 1 heterocycles. The van der Waals surface area contributed by atoms with Gasteiger partial charge in [-0.2, -0.15) is 13.2 Å². The molecule has 27 heavy (non-hydrogen) atoms. The SMILES string of the molecule is CCOC(=O)[C@H]1C[C@@H]1c1cnc(OCc2ccc(C(F)(F)F)c(Br)c2)cn1. The van der Waals surface area contributed by atoms with Gasteiger partial charge < -0.3 is 9.47 Å². The number of esters is 1. The van der Waals surface area contributed by atoms with E-state index in [9.17, 15) is 18.0 Å². The summed E-state index contributed by atoms with van der Waals surface area (Å²) in [6.07, 6.45) is -0.742. The summed E-state index contributed by atoms with van der Waals surface area (Å²) in [5, 5.41) is 0. The maximum absolute atomic E-state index is 12.8. The van der Waals surface area contributed by atoms with Crippen molar-refractivity contribution < 1.29 is 27.4 Å². The standard InChI is InChI=1S/C18H16BrF3N2O3/c1-2-26-17(25)12-6-11(12)15-7-24-16(8-23-15)27-9-10-3-4-13(14(19)5-10)18(20,21)22/h3-5,7-8,11-12H,2,6,9H2,1H3/t11-,12-/m0/s1. The topological polar surface area (TPSA) is 61.3 Å². The summed E-state index contributed by atoms with van der Waals surface area (Å²) in [5.41, 5.74) is 0.513. The number of halogens is 4. The average molecular weight is 445 g/mol. The Labute approximate surface area is 162 Å². The third-order valence-corrected chi connectivity index (χ3v) is 4.79. The molecular weight excluding hydrogens is 429 g/mol. The van der Waals surface area contributed by atoms with Crippen molar-refractivity contribution in [3.8, 4) is 5.88 Å². The average Bonchev–Trinajstić information content (AvgIpc) is 3.40. The summed E-state index contributed by atoms with van der Waals surface area (Å²) < 4.78 is 48.7. The van der Waals surface area contributed by atoms with E-state index in [1.165, 1.54) is 18.3 Å². The first kappa shape index (κ1) is 19.6. The van der Waals surface area contributed by atoms with Crippen molar-refractivity contribution in [3.05, 3.63) is 51.9 Å². The highest BCUT2D eigenvalue weighted by Crippen LogP contribution is 2.47. The molecule has 0 N–H and O–H groups in total. The first-order valence-electron chi connectivity index (χ1n) is 8.26. The molecule has 0 bridgehead atoms. The van der Waals surface area contributed by atoms with Crippen LogP contribution in [0.1, 0.15) is 36.1 Å². The molecular formula is C18H16BrF3N2O3. The predicted octanol–water partition coefficient (Wildman–Crippen LogP) is 4.50. The number of rotatable bonds is 6. The number of nitrogens with zero attached hydrogens (tertiary/aromatic N) is 2. The summed E-state index contributed by atoms with van der Waals surface area (Å²) >= 11 is 2.93. The minimum absolute atomic E-state index is 0.0106. The van der Waals surface area contributed by atoms with E-state index in [0.717, 1.165) is 6.07 Å². The van der Waals surface area contributed by atoms with Crippen LogP contribution in [-0.2, 0) is 22.3 Å². The molecule has 1 saturated carbocycles. The second kappa shape index (κ2) is 7.84. The number of alkyl halides is 3. The predicted molar refractivity (Wildman–Crippen MR) is 93.0 cm³/mol. The lowest BCUT2D eigenvalue weighted by Crippen LogP contribution is -2.08. The van der Waals surface area contributed by atoms with Gasteiger partial charge in [-0.25, -0.2) is 4.98 Å². The molecule has 0 saturated heterocycles. The fourth-order valence-electron chi connectivity index (χ4n) is 2.66. The molecule has 3 rings (SSSR count). The Morgan fingerprint density at radius 3 is 2.67 bits per heavy atom. The van der Waals surface area contributed by atoms with Gasteiger partial charge in [-0.1, -0.05) is 22.0 Å². The van der Waals surface area contributed by atoms with Crippen molar-refractivity contribution in [1.82, 2.24) is 9.97 Å². The summed E-state index contributed by atoms with van der Waals surface area (Å²) in [6.45, 7) is 2.16. The van der Waals surface area contributed by atoms with Crippen LogP contribution in [0.5, 0.6) is 5.88 Å². The van der Waals surface area contributed by atoms with Crippen LogP contribution in [0.15, 0.2) is 35.1 Å². The second-order valence-electron chi connectivity index (χ2n) is 6.08. The molecule has 144 valence electrons. The number of hydrogen-bond donors (Lipinski definition) is 0. The molecule has 1 aliphatic rings. The van der Waals surface area contributed by atoms with Crippen molar-refractivity contribution in [3.63, 3.8) is 0 Å². The molecule has 2 atom stereocenters. The van der Waals surface area contributed by atoms with Crippen molar-refractivity contribution >= 4 is 21.9 Å². The summed E-state index contributed by atoms with van der Waals surface area (Å²) in [7, 11) is 0. The smallest absolute Gasteiger partial charge is 0.417 e. The Balaban J connectivity index is 1.57. The van der Waals surface area contributed by atoms with Gasteiger partial charge in [-0.3, -0.25) is 9.78 Å². The minimum atomic E-state index is -4.41. The monoisotopic (exact) mass is 444 g/mol. The third-order valence-electron chi connectivity index (χ3n) is 4.13. The molecule has 9 heteroatoms. The molecule has 1 aliphatic carbocycles. The highest BCUT2D eigenvalue weighted by Gasteiger charge is 2.46. The Morgan fingerprint density at radius 2 is 2.07 bits per heavy atom. The zero-order chi connectivity index (χ0) is 19.6. The van der Waals surface area contributed by atoms with Gasteiger partial charge in [0.1, 0.15) is 6.61 Å². The van der Waals surface area contributed by atoms with Crippen molar-refractivity contribution in [2.45, 2.75) is 32.0 Å². The molecule has 0 aliphatic heterocycles. The van der Waals surface area contributed by atoms with Crippen molar-refractivity contribution in [2.75, 3.05) is 6.61 Å². The van der Waals surface area contributed by atoms with Gasteiger partial charge in [0.2, 0.25) is 5.88 Å². The van der Waals surface area contributed by atoms with E-state index in [1.54, 1.807) is 13.1 Å². The van der Waals surface area contributed by atoms with Crippen LogP contribution < -0.4 is 4.74 Å². The van der Waals surface area contributed by atoms with E-state index < -0.39 is 11.7 Å². The first-order chi connectivity index (χ1) is 12.8. The Morgan fingerprint density at radius 1 is 1.30 bits per heavy atom.